The molecule has 0 saturated carbocycles. The van der Waals surface area contributed by atoms with Crippen LogP contribution in [0.2, 0.25) is 0 Å². The standard InChI is InChI=1S/C16H23NO3/c1-10-6-7-11(2)12(8-10)9-13(18)17-14(15(19)20)16(3,4)5/h6-8,14H,9H2,1-5H3,(H,17,18)(H,19,20)/t14-/m1/s1. The molecule has 20 heavy (non-hydrogen) atoms. The van der Waals surface area contributed by atoms with Gasteiger partial charge in [0.25, 0.3) is 0 Å². The number of aryl methyl sites for hydroxylation is 2. The van der Waals surface area contributed by atoms with Crippen molar-refractivity contribution in [3.63, 3.8) is 0 Å². The molecule has 0 bridgehead atoms. The topological polar surface area (TPSA) is 66.4 Å². The van der Waals surface area contributed by atoms with E-state index in [4.69, 9.17) is 0 Å². The first-order valence-corrected chi connectivity index (χ1v) is 6.69. The van der Waals surface area contributed by atoms with E-state index in [9.17, 15) is 14.7 Å². The van der Waals surface area contributed by atoms with Crippen LogP contribution in [0.1, 0.15) is 37.5 Å². The molecule has 0 aliphatic rings. The van der Waals surface area contributed by atoms with Crippen LogP contribution in [0.4, 0.5) is 0 Å². The third-order valence-corrected chi connectivity index (χ3v) is 3.27. The zero-order valence-electron chi connectivity index (χ0n) is 12.8. The number of rotatable bonds is 4. The highest BCUT2D eigenvalue weighted by molar-refractivity contribution is 5.85. The average Bonchev–Trinajstić information content (AvgIpc) is 2.29. The van der Waals surface area contributed by atoms with Crippen molar-refractivity contribution >= 4 is 11.9 Å². The molecular formula is C16H23NO3. The van der Waals surface area contributed by atoms with Crippen molar-refractivity contribution in [2.75, 3.05) is 0 Å². The van der Waals surface area contributed by atoms with E-state index < -0.39 is 17.4 Å². The number of carbonyl (C=O) groups excluding carboxylic acids is 1. The third-order valence-electron chi connectivity index (χ3n) is 3.27. The first-order chi connectivity index (χ1) is 9.11. The molecule has 4 nitrogen and oxygen atoms in total. The second-order valence-corrected chi connectivity index (χ2v) is 6.31. The Labute approximate surface area is 120 Å². The number of nitrogens with one attached hydrogen (secondary N) is 1. The molecule has 0 heterocycles. The molecule has 0 saturated heterocycles. The quantitative estimate of drug-likeness (QED) is 0.888. The van der Waals surface area contributed by atoms with Gasteiger partial charge in [0.15, 0.2) is 0 Å². The van der Waals surface area contributed by atoms with E-state index in [0.29, 0.717) is 0 Å². The lowest BCUT2D eigenvalue weighted by atomic mass is 9.86. The van der Waals surface area contributed by atoms with E-state index in [0.717, 1.165) is 16.7 Å². The maximum atomic E-state index is 12.1. The lowest BCUT2D eigenvalue weighted by Gasteiger charge is -2.27. The number of hydrogen-bond donors (Lipinski definition) is 2. The van der Waals surface area contributed by atoms with Crippen LogP contribution in [0.3, 0.4) is 0 Å². The predicted octanol–water partition coefficient (Wildman–Crippen LogP) is 2.46. The van der Waals surface area contributed by atoms with Gasteiger partial charge in [0.05, 0.1) is 6.42 Å². The van der Waals surface area contributed by atoms with Gasteiger partial charge < -0.3 is 10.4 Å². The lowest BCUT2D eigenvalue weighted by Crippen LogP contribution is -2.49. The largest absolute Gasteiger partial charge is 0.480 e. The third kappa shape index (κ3) is 4.37. The van der Waals surface area contributed by atoms with E-state index >= 15 is 0 Å². The Balaban J connectivity index is 2.81. The second kappa shape index (κ2) is 6.07. The molecule has 1 aromatic rings. The molecule has 2 N–H and O–H groups in total. The van der Waals surface area contributed by atoms with Gasteiger partial charge in [0.2, 0.25) is 5.91 Å². The molecule has 0 aromatic heterocycles. The molecule has 1 aromatic carbocycles. The number of carbonyl (C=O) groups is 2. The fraction of sp³-hybridized carbons (Fsp3) is 0.500. The summed E-state index contributed by atoms with van der Waals surface area (Å²) in [5.41, 5.74) is 2.53. The summed E-state index contributed by atoms with van der Waals surface area (Å²) in [5, 5.41) is 11.8. The maximum absolute atomic E-state index is 12.1. The van der Waals surface area contributed by atoms with Gasteiger partial charge in [-0.25, -0.2) is 4.79 Å². The van der Waals surface area contributed by atoms with Crippen molar-refractivity contribution in [3.8, 4) is 0 Å². The van der Waals surface area contributed by atoms with Crippen molar-refractivity contribution in [1.82, 2.24) is 5.32 Å². The van der Waals surface area contributed by atoms with Gasteiger partial charge in [-0.1, -0.05) is 44.5 Å². The summed E-state index contributed by atoms with van der Waals surface area (Å²) >= 11 is 0. The number of carboxylic acid groups (broad SMARTS) is 1. The Morgan fingerprint density at radius 3 is 2.35 bits per heavy atom. The Bertz CT molecular complexity index is 515. The van der Waals surface area contributed by atoms with Crippen LogP contribution in [-0.2, 0) is 16.0 Å². The van der Waals surface area contributed by atoms with Crippen LogP contribution in [0.15, 0.2) is 18.2 Å². The fourth-order valence-corrected chi connectivity index (χ4v) is 2.02. The monoisotopic (exact) mass is 277 g/mol. The molecule has 110 valence electrons. The minimum Gasteiger partial charge on any atom is -0.480 e. The van der Waals surface area contributed by atoms with E-state index in [1.165, 1.54) is 0 Å². The highest BCUT2D eigenvalue weighted by Crippen LogP contribution is 2.20. The van der Waals surface area contributed by atoms with Crippen LogP contribution in [0, 0.1) is 19.3 Å². The number of aliphatic carboxylic acids is 1. The summed E-state index contributed by atoms with van der Waals surface area (Å²) in [5.74, 6) is -1.27. The number of carboxylic acids is 1. The summed E-state index contributed by atoms with van der Waals surface area (Å²) < 4.78 is 0. The summed E-state index contributed by atoms with van der Waals surface area (Å²) in [6.07, 6.45) is 0.202. The number of amides is 1. The van der Waals surface area contributed by atoms with Gasteiger partial charge in [-0.05, 0) is 30.4 Å². The minimum atomic E-state index is -1.01. The molecule has 0 fully saturated rings. The highest BCUT2D eigenvalue weighted by atomic mass is 16.4. The van der Waals surface area contributed by atoms with Gasteiger partial charge in [-0.2, -0.15) is 0 Å². The summed E-state index contributed by atoms with van der Waals surface area (Å²) in [4.78, 5) is 23.3. The summed E-state index contributed by atoms with van der Waals surface area (Å²) in [6.45, 7) is 9.30. The molecule has 0 radical (unpaired) electrons. The van der Waals surface area contributed by atoms with Crippen molar-refractivity contribution < 1.29 is 14.7 Å². The molecule has 0 spiro atoms. The predicted molar refractivity (Wildman–Crippen MR) is 78.6 cm³/mol. The van der Waals surface area contributed by atoms with Crippen LogP contribution < -0.4 is 5.32 Å². The first kappa shape index (κ1) is 16.2. The highest BCUT2D eigenvalue weighted by Gasteiger charge is 2.32. The first-order valence-electron chi connectivity index (χ1n) is 6.69. The van der Waals surface area contributed by atoms with E-state index in [2.05, 4.69) is 5.32 Å². The molecule has 0 aliphatic heterocycles. The van der Waals surface area contributed by atoms with Crippen LogP contribution >= 0.6 is 0 Å². The van der Waals surface area contributed by atoms with Gasteiger partial charge in [0, 0.05) is 0 Å². The van der Waals surface area contributed by atoms with E-state index in [-0.39, 0.29) is 12.3 Å². The van der Waals surface area contributed by atoms with Crippen LogP contribution in [0.5, 0.6) is 0 Å². The molecule has 1 rings (SSSR count). The normalized spacial score (nSPS) is 12.8. The Morgan fingerprint density at radius 1 is 1.25 bits per heavy atom. The van der Waals surface area contributed by atoms with Gasteiger partial charge in [-0.15, -0.1) is 0 Å². The van der Waals surface area contributed by atoms with Gasteiger partial charge in [0.1, 0.15) is 6.04 Å². The molecule has 1 atom stereocenters. The van der Waals surface area contributed by atoms with Crippen molar-refractivity contribution in [1.29, 1.82) is 0 Å². The Morgan fingerprint density at radius 2 is 1.85 bits per heavy atom. The smallest absolute Gasteiger partial charge is 0.326 e. The molecule has 0 unspecified atom stereocenters. The van der Waals surface area contributed by atoms with Crippen molar-refractivity contribution in [3.05, 3.63) is 34.9 Å². The second-order valence-electron chi connectivity index (χ2n) is 6.31. The zero-order valence-corrected chi connectivity index (χ0v) is 12.8. The molecule has 1 amide bonds. The zero-order chi connectivity index (χ0) is 15.5. The summed E-state index contributed by atoms with van der Waals surface area (Å²) in [6, 6.07) is 5.03. The lowest BCUT2D eigenvalue weighted by molar-refractivity contribution is -0.144. The SMILES string of the molecule is Cc1ccc(C)c(CC(=O)N[C@H](C(=O)O)C(C)(C)C)c1. The molecule has 0 aliphatic carbocycles. The number of benzene rings is 1. The maximum Gasteiger partial charge on any atom is 0.326 e. The summed E-state index contributed by atoms with van der Waals surface area (Å²) in [7, 11) is 0. The fourth-order valence-electron chi connectivity index (χ4n) is 2.02. The van der Waals surface area contributed by atoms with Gasteiger partial charge in [-0.3, -0.25) is 4.79 Å². The Kier molecular flexibility index (Phi) is 4.93. The minimum absolute atomic E-state index is 0.202. The van der Waals surface area contributed by atoms with E-state index in [1.54, 1.807) is 20.8 Å². The number of hydrogen-bond acceptors (Lipinski definition) is 2. The van der Waals surface area contributed by atoms with Crippen LogP contribution in [-0.4, -0.2) is 23.0 Å². The van der Waals surface area contributed by atoms with Crippen molar-refractivity contribution in [2.24, 2.45) is 5.41 Å². The van der Waals surface area contributed by atoms with E-state index in [1.807, 2.05) is 32.0 Å². The molecule has 4 heteroatoms. The van der Waals surface area contributed by atoms with Crippen molar-refractivity contribution in [2.45, 2.75) is 47.1 Å². The Hall–Kier alpha value is -1.84. The van der Waals surface area contributed by atoms with Gasteiger partial charge >= 0.3 is 5.97 Å². The molecular weight excluding hydrogens is 254 g/mol. The van der Waals surface area contributed by atoms with Crippen LogP contribution in [0.25, 0.3) is 0 Å². The average molecular weight is 277 g/mol.